The molecule has 1 amide bonds. The highest BCUT2D eigenvalue weighted by Gasteiger charge is 2.25. The number of hydrogen-bond acceptors (Lipinski definition) is 5. The fourth-order valence-corrected chi connectivity index (χ4v) is 3.71. The fourth-order valence-electron chi connectivity index (χ4n) is 3.71. The highest BCUT2D eigenvalue weighted by atomic mass is 16.5. The molecule has 1 aromatic carbocycles. The number of hydrogen-bond donors (Lipinski definition) is 2. The van der Waals surface area contributed by atoms with Crippen LogP contribution in [0.2, 0.25) is 0 Å². The van der Waals surface area contributed by atoms with Crippen molar-refractivity contribution in [1.82, 2.24) is 14.9 Å². The summed E-state index contributed by atoms with van der Waals surface area (Å²) in [4.78, 5) is 24.9. The van der Waals surface area contributed by atoms with E-state index in [1.807, 2.05) is 41.4 Å². The van der Waals surface area contributed by atoms with E-state index in [2.05, 4.69) is 40.1 Å². The van der Waals surface area contributed by atoms with Gasteiger partial charge in [-0.05, 0) is 44.2 Å². The molecule has 1 fully saturated rings. The average molecular weight is 393 g/mol. The van der Waals surface area contributed by atoms with Crippen LogP contribution in [0.25, 0.3) is 10.9 Å². The molecule has 0 atom stereocenters. The van der Waals surface area contributed by atoms with Crippen LogP contribution < -0.4 is 15.0 Å². The number of carbonyl (C=O) groups is 1. The number of H-pyrrole nitrogens is 1. The van der Waals surface area contributed by atoms with E-state index in [9.17, 15) is 4.79 Å². The minimum Gasteiger partial charge on any atom is -0.497 e. The van der Waals surface area contributed by atoms with Crippen LogP contribution in [0.1, 0.15) is 24.3 Å². The van der Waals surface area contributed by atoms with Gasteiger partial charge in [0.1, 0.15) is 11.4 Å². The van der Waals surface area contributed by atoms with Gasteiger partial charge in [-0.1, -0.05) is 0 Å². The van der Waals surface area contributed by atoms with Crippen LogP contribution in [-0.2, 0) is 0 Å². The van der Waals surface area contributed by atoms with Crippen molar-refractivity contribution in [3.05, 3.63) is 48.3 Å². The summed E-state index contributed by atoms with van der Waals surface area (Å²) in [6.45, 7) is 7.06. The molecule has 0 spiro atoms. The molecule has 0 aliphatic carbocycles. The number of piperazine rings is 1. The van der Waals surface area contributed by atoms with E-state index in [1.54, 1.807) is 7.11 Å². The molecule has 3 aromatic rings. The van der Waals surface area contributed by atoms with E-state index in [0.717, 1.165) is 41.2 Å². The largest absolute Gasteiger partial charge is 0.497 e. The number of methoxy groups -OCH3 is 1. The SMILES string of the molecule is COc1ccc2cc(C(=O)N3CCN(c4ncccc4NC(C)C)CC3)[nH]c2c1. The number of pyridine rings is 1. The van der Waals surface area contributed by atoms with E-state index in [-0.39, 0.29) is 5.91 Å². The van der Waals surface area contributed by atoms with Crippen LogP contribution in [0.5, 0.6) is 5.75 Å². The van der Waals surface area contributed by atoms with E-state index in [0.29, 0.717) is 24.8 Å². The van der Waals surface area contributed by atoms with Crippen LogP contribution in [0, 0.1) is 0 Å². The molecule has 0 unspecified atom stereocenters. The second-order valence-corrected chi connectivity index (χ2v) is 7.59. The van der Waals surface area contributed by atoms with Crippen molar-refractivity contribution in [1.29, 1.82) is 0 Å². The third kappa shape index (κ3) is 3.99. The minimum absolute atomic E-state index is 0.0290. The van der Waals surface area contributed by atoms with Crippen molar-refractivity contribution in [2.75, 3.05) is 43.5 Å². The number of carbonyl (C=O) groups excluding carboxylic acids is 1. The molecule has 4 rings (SSSR count). The molecule has 1 aliphatic heterocycles. The Labute approximate surface area is 170 Å². The lowest BCUT2D eigenvalue weighted by Gasteiger charge is -2.36. The molecule has 7 heteroatoms. The summed E-state index contributed by atoms with van der Waals surface area (Å²) in [5.41, 5.74) is 2.55. The van der Waals surface area contributed by atoms with E-state index in [4.69, 9.17) is 4.74 Å². The third-order valence-corrected chi connectivity index (χ3v) is 5.16. The molecule has 1 saturated heterocycles. The number of aromatic amines is 1. The number of nitrogens with zero attached hydrogens (tertiary/aromatic N) is 3. The number of aromatic nitrogens is 2. The quantitative estimate of drug-likeness (QED) is 0.695. The highest BCUT2D eigenvalue weighted by Crippen LogP contribution is 2.26. The number of anilines is 2. The van der Waals surface area contributed by atoms with Crippen LogP contribution in [0.4, 0.5) is 11.5 Å². The summed E-state index contributed by atoms with van der Waals surface area (Å²) in [6, 6.07) is 12.0. The molecule has 29 heavy (non-hydrogen) atoms. The summed E-state index contributed by atoms with van der Waals surface area (Å²) >= 11 is 0. The Hall–Kier alpha value is -3.22. The Bertz CT molecular complexity index is 1010. The molecule has 2 N–H and O–H groups in total. The first-order valence-electron chi connectivity index (χ1n) is 9.97. The van der Waals surface area contributed by atoms with E-state index >= 15 is 0 Å². The lowest BCUT2D eigenvalue weighted by molar-refractivity contribution is 0.0741. The number of rotatable bonds is 5. The Morgan fingerprint density at radius 3 is 2.69 bits per heavy atom. The zero-order valence-electron chi connectivity index (χ0n) is 17.1. The predicted octanol–water partition coefficient (Wildman–Crippen LogP) is 3.35. The summed E-state index contributed by atoms with van der Waals surface area (Å²) in [7, 11) is 1.64. The maximum Gasteiger partial charge on any atom is 0.270 e. The van der Waals surface area contributed by atoms with Crippen molar-refractivity contribution < 1.29 is 9.53 Å². The number of ether oxygens (including phenoxy) is 1. The van der Waals surface area contributed by atoms with Gasteiger partial charge in [-0.3, -0.25) is 4.79 Å². The maximum atomic E-state index is 13.0. The number of nitrogens with one attached hydrogen (secondary N) is 2. The van der Waals surface area contributed by atoms with Gasteiger partial charge in [0, 0.05) is 55.4 Å². The molecule has 1 aliphatic rings. The van der Waals surface area contributed by atoms with Crippen LogP contribution >= 0.6 is 0 Å². The van der Waals surface area contributed by atoms with Crippen molar-refractivity contribution in [2.45, 2.75) is 19.9 Å². The van der Waals surface area contributed by atoms with E-state index in [1.165, 1.54) is 0 Å². The normalized spacial score (nSPS) is 14.5. The molecule has 0 bridgehead atoms. The highest BCUT2D eigenvalue weighted by molar-refractivity contribution is 5.98. The van der Waals surface area contributed by atoms with Gasteiger partial charge in [-0.15, -0.1) is 0 Å². The average Bonchev–Trinajstić information content (AvgIpc) is 3.16. The zero-order valence-corrected chi connectivity index (χ0v) is 17.1. The molecule has 152 valence electrons. The molecule has 7 nitrogen and oxygen atoms in total. The van der Waals surface area contributed by atoms with Gasteiger partial charge in [0.2, 0.25) is 0 Å². The summed E-state index contributed by atoms with van der Waals surface area (Å²) in [5, 5.41) is 4.46. The molecule has 0 saturated carbocycles. The summed E-state index contributed by atoms with van der Waals surface area (Å²) < 4.78 is 5.26. The van der Waals surface area contributed by atoms with Gasteiger partial charge in [0.05, 0.1) is 12.8 Å². The number of amides is 1. The Balaban J connectivity index is 1.45. The zero-order chi connectivity index (χ0) is 20.4. The minimum atomic E-state index is 0.0290. The van der Waals surface area contributed by atoms with Crippen LogP contribution in [0.3, 0.4) is 0 Å². The third-order valence-electron chi connectivity index (χ3n) is 5.16. The van der Waals surface area contributed by atoms with Crippen molar-refractivity contribution in [3.8, 4) is 5.75 Å². The Morgan fingerprint density at radius 2 is 1.97 bits per heavy atom. The number of benzene rings is 1. The monoisotopic (exact) mass is 393 g/mol. The Morgan fingerprint density at radius 1 is 1.17 bits per heavy atom. The number of fused-ring (bicyclic) bond motifs is 1. The van der Waals surface area contributed by atoms with Gasteiger partial charge in [0.15, 0.2) is 5.82 Å². The van der Waals surface area contributed by atoms with E-state index < -0.39 is 0 Å². The van der Waals surface area contributed by atoms with Crippen LogP contribution in [0.15, 0.2) is 42.6 Å². The molecule has 0 radical (unpaired) electrons. The molecular formula is C22H27N5O2. The topological polar surface area (TPSA) is 73.5 Å². The van der Waals surface area contributed by atoms with Gasteiger partial charge in [0.25, 0.3) is 5.91 Å². The van der Waals surface area contributed by atoms with Gasteiger partial charge >= 0.3 is 0 Å². The smallest absolute Gasteiger partial charge is 0.270 e. The first-order chi connectivity index (χ1) is 14.0. The first-order valence-corrected chi connectivity index (χ1v) is 9.97. The Kier molecular flexibility index (Phi) is 5.29. The maximum absolute atomic E-state index is 13.0. The van der Waals surface area contributed by atoms with Gasteiger partial charge in [-0.2, -0.15) is 0 Å². The lowest BCUT2D eigenvalue weighted by Crippen LogP contribution is -2.49. The van der Waals surface area contributed by atoms with Crippen molar-refractivity contribution >= 4 is 28.3 Å². The molecule has 2 aromatic heterocycles. The second-order valence-electron chi connectivity index (χ2n) is 7.59. The second kappa shape index (κ2) is 8.03. The molecule has 3 heterocycles. The lowest BCUT2D eigenvalue weighted by atomic mass is 10.2. The molecular weight excluding hydrogens is 366 g/mol. The standard InChI is InChI=1S/C22H27N5O2/c1-15(2)24-18-5-4-8-23-21(18)26-9-11-27(12-10-26)22(28)20-13-16-6-7-17(29-3)14-19(16)25-20/h4-8,13-15,24-25H,9-12H2,1-3H3. The van der Waals surface area contributed by atoms with Gasteiger partial charge in [-0.25, -0.2) is 4.98 Å². The summed E-state index contributed by atoms with van der Waals surface area (Å²) in [5.74, 6) is 1.75. The fraction of sp³-hybridized carbons (Fsp3) is 0.364. The van der Waals surface area contributed by atoms with Crippen molar-refractivity contribution in [3.63, 3.8) is 0 Å². The predicted molar refractivity (Wildman–Crippen MR) is 116 cm³/mol. The van der Waals surface area contributed by atoms with Crippen molar-refractivity contribution in [2.24, 2.45) is 0 Å². The summed E-state index contributed by atoms with van der Waals surface area (Å²) in [6.07, 6.45) is 1.82. The van der Waals surface area contributed by atoms with Gasteiger partial charge < -0.3 is 24.8 Å². The van der Waals surface area contributed by atoms with Crippen LogP contribution in [-0.4, -0.2) is 60.1 Å². The first kappa shape index (κ1) is 19.1.